The summed E-state index contributed by atoms with van der Waals surface area (Å²) in [5.41, 5.74) is 3.16. The van der Waals surface area contributed by atoms with E-state index in [0.717, 1.165) is 34.1 Å². The van der Waals surface area contributed by atoms with Gasteiger partial charge in [-0.05, 0) is 49.8 Å². The van der Waals surface area contributed by atoms with E-state index in [-0.39, 0.29) is 5.78 Å². The zero-order chi connectivity index (χ0) is 16.5. The van der Waals surface area contributed by atoms with E-state index in [1.807, 2.05) is 24.3 Å². The smallest absolute Gasteiger partial charge is 0.194 e. The Kier molecular flexibility index (Phi) is 4.42. The first kappa shape index (κ1) is 15.9. The summed E-state index contributed by atoms with van der Waals surface area (Å²) in [6.45, 7) is 0. The van der Waals surface area contributed by atoms with Crippen LogP contribution < -0.4 is 0 Å². The molecule has 0 spiro atoms. The normalized spacial score (nSPS) is 14.5. The van der Waals surface area contributed by atoms with E-state index in [2.05, 4.69) is 9.38 Å². The Hall–Kier alpha value is -1.65. The number of carbonyl (C=O) groups excluding carboxylic acids is 1. The van der Waals surface area contributed by atoms with E-state index in [1.54, 1.807) is 17.5 Å². The van der Waals surface area contributed by atoms with Gasteiger partial charge in [0.1, 0.15) is 5.69 Å². The number of carbonyl (C=O) groups is 1. The average molecular weight is 359 g/mol. The molecular formula is C19H19ClN2OS. The van der Waals surface area contributed by atoms with Crippen molar-refractivity contribution in [2.24, 2.45) is 0 Å². The second kappa shape index (κ2) is 6.69. The molecule has 3 nitrogen and oxygen atoms in total. The van der Waals surface area contributed by atoms with Crippen molar-refractivity contribution in [2.45, 2.75) is 44.9 Å². The number of aromatic nitrogens is 2. The van der Waals surface area contributed by atoms with Crippen LogP contribution in [0, 0.1) is 0 Å². The van der Waals surface area contributed by atoms with Crippen molar-refractivity contribution in [1.82, 2.24) is 9.38 Å². The Balaban J connectivity index is 1.59. The zero-order valence-corrected chi connectivity index (χ0v) is 15.0. The fraction of sp³-hybridized carbons (Fsp3) is 0.368. The van der Waals surface area contributed by atoms with Gasteiger partial charge in [-0.2, -0.15) is 0 Å². The standard InChI is InChI=1S/C19H19ClN2OS/c20-14-6-4-5-13(11-14)9-10-17(23)16-12-21-19-22(16)15-7-2-1-3-8-18(15)24-19/h4-6,11-12H,1-3,7-10H2. The molecule has 1 aliphatic carbocycles. The number of fused-ring (bicyclic) bond motifs is 3. The zero-order valence-electron chi connectivity index (χ0n) is 13.4. The van der Waals surface area contributed by atoms with Crippen molar-refractivity contribution in [3.8, 4) is 0 Å². The van der Waals surface area contributed by atoms with Crippen LogP contribution in [-0.2, 0) is 19.3 Å². The van der Waals surface area contributed by atoms with Gasteiger partial charge in [-0.1, -0.05) is 30.2 Å². The lowest BCUT2D eigenvalue weighted by Crippen LogP contribution is -2.07. The molecule has 2 aromatic heterocycles. The number of hydrogen-bond donors (Lipinski definition) is 0. The van der Waals surface area contributed by atoms with E-state index < -0.39 is 0 Å². The highest BCUT2D eigenvalue weighted by Gasteiger charge is 2.21. The van der Waals surface area contributed by atoms with E-state index in [9.17, 15) is 4.79 Å². The van der Waals surface area contributed by atoms with Crippen LogP contribution in [0.3, 0.4) is 0 Å². The highest BCUT2D eigenvalue weighted by atomic mass is 35.5. The maximum Gasteiger partial charge on any atom is 0.194 e. The van der Waals surface area contributed by atoms with Gasteiger partial charge >= 0.3 is 0 Å². The van der Waals surface area contributed by atoms with Crippen LogP contribution in [0.5, 0.6) is 0 Å². The van der Waals surface area contributed by atoms with Gasteiger partial charge in [0, 0.05) is 22.0 Å². The number of Topliss-reactive ketones (excluding diaryl/α,β-unsaturated/α-hetero) is 1. The third kappa shape index (κ3) is 3.01. The molecule has 0 bridgehead atoms. The fourth-order valence-corrected chi connectivity index (χ4v) is 4.83. The van der Waals surface area contributed by atoms with Gasteiger partial charge in [-0.3, -0.25) is 9.20 Å². The number of thiazole rings is 1. The highest BCUT2D eigenvalue weighted by molar-refractivity contribution is 7.17. The largest absolute Gasteiger partial charge is 0.292 e. The van der Waals surface area contributed by atoms with Crippen LogP contribution in [0.25, 0.3) is 4.96 Å². The first-order chi connectivity index (χ1) is 11.7. The Morgan fingerprint density at radius 2 is 2.12 bits per heavy atom. The number of hydrogen-bond acceptors (Lipinski definition) is 3. The minimum atomic E-state index is 0.160. The predicted molar refractivity (Wildman–Crippen MR) is 98.4 cm³/mol. The second-order valence-corrected chi connectivity index (χ2v) is 7.85. The summed E-state index contributed by atoms with van der Waals surface area (Å²) in [7, 11) is 0. The minimum Gasteiger partial charge on any atom is -0.292 e. The molecule has 0 unspecified atom stereocenters. The predicted octanol–water partition coefficient (Wildman–Crippen LogP) is 5.13. The van der Waals surface area contributed by atoms with Gasteiger partial charge in [-0.15, -0.1) is 11.3 Å². The first-order valence-electron chi connectivity index (χ1n) is 8.48. The molecule has 0 fully saturated rings. The van der Waals surface area contributed by atoms with Crippen molar-refractivity contribution in [3.63, 3.8) is 0 Å². The van der Waals surface area contributed by atoms with Crippen LogP contribution in [0.1, 0.15) is 52.3 Å². The van der Waals surface area contributed by atoms with Gasteiger partial charge in [0.25, 0.3) is 0 Å². The van der Waals surface area contributed by atoms with Gasteiger partial charge in [-0.25, -0.2) is 4.98 Å². The van der Waals surface area contributed by atoms with Crippen molar-refractivity contribution < 1.29 is 4.79 Å². The number of halogens is 1. The molecule has 0 amide bonds. The number of benzene rings is 1. The molecule has 3 aromatic rings. The van der Waals surface area contributed by atoms with E-state index in [4.69, 9.17) is 11.6 Å². The molecule has 1 aliphatic rings. The highest BCUT2D eigenvalue weighted by Crippen LogP contribution is 2.30. The number of imidazole rings is 1. The first-order valence-corrected chi connectivity index (χ1v) is 9.67. The van der Waals surface area contributed by atoms with Gasteiger partial charge in [0.2, 0.25) is 0 Å². The van der Waals surface area contributed by atoms with Crippen molar-refractivity contribution >= 4 is 33.7 Å². The van der Waals surface area contributed by atoms with Crippen molar-refractivity contribution in [2.75, 3.05) is 0 Å². The summed E-state index contributed by atoms with van der Waals surface area (Å²) in [4.78, 5) is 19.6. The van der Waals surface area contributed by atoms with Crippen LogP contribution in [-0.4, -0.2) is 15.2 Å². The lowest BCUT2D eigenvalue weighted by molar-refractivity contribution is 0.0977. The van der Waals surface area contributed by atoms with Gasteiger partial charge < -0.3 is 0 Å². The summed E-state index contributed by atoms with van der Waals surface area (Å²) < 4.78 is 2.12. The summed E-state index contributed by atoms with van der Waals surface area (Å²) in [6.07, 6.45) is 8.84. The summed E-state index contributed by atoms with van der Waals surface area (Å²) >= 11 is 7.77. The van der Waals surface area contributed by atoms with Gasteiger partial charge in [0.05, 0.1) is 6.20 Å². The number of nitrogens with zero attached hydrogens (tertiary/aromatic N) is 2. The molecule has 0 saturated heterocycles. The van der Waals surface area contributed by atoms with E-state index >= 15 is 0 Å². The number of ketones is 1. The summed E-state index contributed by atoms with van der Waals surface area (Å²) in [6, 6.07) is 7.73. The maximum absolute atomic E-state index is 12.8. The Bertz CT molecular complexity index is 896. The molecule has 2 heterocycles. The maximum atomic E-state index is 12.8. The Labute approximate surface area is 150 Å². The van der Waals surface area contributed by atoms with Crippen molar-refractivity contribution in [3.05, 3.63) is 57.3 Å². The summed E-state index contributed by atoms with van der Waals surface area (Å²) in [5.74, 6) is 0.160. The summed E-state index contributed by atoms with van der Waals surface area (Å²) in [5, 5.41) is 0.717. The number of rotatable bonds is 4. The molecule has 1 aromatic carbocycles. The number of aryl methyl sites for hydroxylation is 3. The molecule has 124 valence electrons. The molecule has 4 rings (SSSR count). The molecule has 0 saturated carbocycles. The average Bonchev–Trinajstić information content (AvgIpc) is 3.04. The topological polar surface area (TPSA) is 34.4 Å². The van der Waals surface area contributed by atoms with Crippen LogP contribution in [0.15, 0.2) is 30.5 Å². The monoisotopic (exact) mass is 358 g/mol. The van der Waals surface area contributed by atoms with Crippen molar-refractivity contribution in [1.29, 1.82) is 0 Å². The fourth-order valence-electron chi connectivity index (χ4n) is 3.44. The van der Waals surface area contributed by atoms with Crippen LogP contribution >= 0.6 is 22.9 Å². The molecule has 0 aliphatic heterocycles. The van der Waals surface area contributed by atoms with E-state index in [1.165, 1.54) is 29.8 Å². The third-order valence-electron chi connectivity index (χ3n) is 4.67. The molecule has 0 radical (unpaired) electrons. The lowest BCUT2D eigenvalue weighted by Gasteiger charge is -2.05. The molecule has 0 N–H and O–H groups in total. The van der Waals surface area contributed by atoms with Crippen LogP contribution in [0.4, 0.5) is 0 Å². The quantitative estimate of drug-likeness (QED) is 0.478. The lowest BCUT2D eigenvalue weighted by atomic mass is 10.1. The molecule has 24 heavy (non-hydrogen) atoms. The molecular weight excluding hydrogens is 340 g/mol. The van der Waals surface area contributed by atoms with Crippen LogP contribution in [0.2, 0.25) is 5.02 Å². The minimum absolute atomic E-state index is 0.160. The second-order valence-electron chi connectivity index (χ2n) is 6.35. The van der Waals surface area contributed by atoms with E-state index in [0.29, 0.717) is 12.8 Å². The third-order valence-corrected chi connectivity index (χ3v) is 6.06. The Morgan fingerprint density at radius 1 is 1.25 bits per heavy atom. The van der Waals surface area contributed by atoms with Gasteiger partial charge in [0.15, 0.2) is 10.7 Å². The SMILES string of the molecule is O=C(CCc1cccc(Cl)c1)c1cnc2sc3c(n12)CCCCC3. The molecule has 0 atom stereocenters. The molecule has 5 heteroatoms. The Morgan fingerprint density at radius 3 is 3.00 bits per heavy atom.